The quantitative estimate of drug-likeness (QED) is 0.657. The van der Waals surface area contributed by atoms with Crippen LogP contribution in [0.25, 0.3) is 0 Å². The number of carbonyl (C=O) groups is 1. The van der Waals surface area contributed by atoms with Gasteiger partial charge in [0.2, 0.25) is 5.91 Å². The number of benzene rings is 1. The van der Waals surface area contributed by atoms with Crippen molar-refractivity contribution < 1.29 is 9.18 Å². The van der Waals surface area contributed by atoms with Crippen molar-refractivity contribution >= 4 is 12.1 Å². The normalized spacial score (nSPS) is 10.9. The molecule has 0 bridgehead atoms. The van der Waals surface area contributed by atoms with Crippen LogP contribution in [-0.4, -0.2) is 22.1 Å². The number of hydrogen-bond donors (Lipinski definition) is 2. The predicted molar refractivity (Wildman–Crippen MR) is 80.2 cm³/mol. The van der Waals surface area contributed by atoms with Gasteiger partial charge < -0.3 is 4.98 Å². The Balaban J connectivity index is 1.99. The molecular weight excluding hydrogens is 287 g/mol. The standard InChI is InChI=1S/C15H15FN4O2/c1-9-13(15(22)19-10(2)18-9)7-14(21)20-17-8-11-3-5-12(16)6-4-11/h3-6,8H,7H2,1-2H3,(H,20,21)(H,18,19,22)/b17-8-. The van der Waals surface area contributed by atoms with Gasteiger partial charge in [0.05, 0.1) is 12.6 Å². The highest BCUT2D eigenvalue weighted by atomic mass is 19.1. The summed E-state index contributed by atoms with van der Waals surface area (Å²) in [5.41, 5.74) is 3.45. The summed E-state index contributed by atoms with van der Waals surface area (Å²) in [5, 5.41) is 3.76. The Hall–Kier alpha value is -2.83. The third-order valence-corrected chi connectivity index (χ3v) is 2.95. The lowest BCUT2D eigenvalue weighted by atomic mass is 10.1. The van der Waals surface area contributed by atoms with Crippen molar-refractivity contribution in [3.63, 3.8) is 0 Å². The first-order valence-corrected chi connectivity index (χ1v) is 6.59. The number of aromatic amines is 1. The van der Waals surface area contributed by atoms with Crippen LogP contribution >= 0.6 is 0 Å². The Morgan fingerprint density at radius 1 is 1.36 bits per heavy atom. The lowest BCUT2D eigenvalue weighted by Crippen LogP contribution is -2.26. The van der Waals surface area contributed by atoms with Crippen molar-refractivity contribution in [3.8, 4) is 0 Å². The smallest absolute Gasteiger partial charge is 0.254 e. The maximum absolute atomic E-state index is 12.7. The molecule has 114 valence electrons. The molecule has 1 aromatic carbocycles. The van der Waals surface area contributed by atoms with Gasteiger partial charge >= 0.3 is 0 Å². The largest absolute Gasteiger partial charge is 0.311 e. The number of halogens is 1. The maximum atomic E-state index is 12.7. The molecule has 6 nitrogen and oxygen atoms in total. The van der Waals surface area contributed by atoms with Crippen LogP contribution in [0.2, 0.25) is 0 Å². The predicted octanol–water partition coefficient (Wildman–Crippen LogP) is 1.22. The van der Waals surface area contributed by atoms with E-state index in [2.05, 4.69) is 20.5 Å². The number of amides is 1. The summed E-state index contributed by atoms with van der Waals surface area (Å²) in [7, 11) is 0. The molecular formula is C15H15FN4O2. The Morgan fingerprint density at radius 3 is 2.68 bits per heavy atom. The first-order chi connectivity index (χ1) is 10.5. The molecule has 0 atom stereocenters. The van der Waals surface area contributed by atoms with Gasteiger partial charge in [0.15, 0.2) is 0 Å². The van der Waals surface area contributed by atoms with Crippen molar-refractivity contribution in [2.45, 2.75) is 20.3 Å². The van der Waals surface area contributed by atoms with E-state index in [0.29, 0.717) is 22.6 Å². The number of carbonyl (C=O) groups excluding carboxylic acids is 1. The highest BCUT2D eigenvalue weighted by Crippen LogP contribution is 2.01. The van der Waals surface area contributed by atoms with E-state index in [0.717, 1.165) is 0 Å². The second-order valence-corrected chi connectivity index (χ2v) is 4.74. The molecule has 0 fully saturated rings. The molecule has 1 heterocycles. The van der Waals surface area contributed by atoms with Crippen molar-refractivity contribution in [1.82, 2.24) is 15.4 Å². The molecule has 0 aliphatic rings. The minimum atomic E-state index is -0.433. The SMILES string of the molecule is Cc1nc(C)c(CC(=O)N/N=C\c2ccc(F)cc2)c(=O)[nH]1. The van der Waals surface area contributed by atoms with Gasteiger partial charge in [-0.15, -0.1) is 0 Å². The van der Waals surface area contributed by atoms with E-state index in [-0.39, 0.29) is 17.8 Å². The maximum Gasteiger partial charge on any atom is 0.254 e. The highest BCUT2D eigenvalue weighted by molar-refractivity contribution is 5.83. The van der Waals surface area contributed by atoms with Crippen LogP contribution in [0, 0.1) is 19.7 Å². The fraction of sp³-hybridized carbons (Fsp3) is 0.200. The zero-order chi connectivity index (χ0) is 16.1. The third kappa shape index (κ3) is 4.08. The van der Waals surface area contributed by atoms with Crippen LogP contribution in [0.3, 0.4) is 0 Å². The van der Waals surface area contributed by atoms with Gasteiger partial charge in [-0.1, -0.05) is 12.1 Å². The molecule has 0 spiro atoms. The number of H-pyrrole nitrogens is 1. The summed E-state index contributed by atoms with van der Waals surface area (Å²) in [6.07, 6.45) is 1.27. The number of aromatic nitrogens is 2. The molecule has 0 aliphatic carbocycles. The van der Waals surface area contributed by atoms with Gasteiger partial charge in [0, 0.05) is 11.3 Å². The summed E-state index contributed by atoms with van der Waals surface area (Å²) in [4.78, 5) is 30.2. The summed E-state index contributed by atoms with van der Waals surface area (Å²) < 4.78 is 12.7. The zero-order valence-corrected chi connectivity index (χ0v) is 12.2. The monoisotopic (exact) mass is 302 g/mol. The molecule has 22 heavy (non-hydrogen) atoms. The van der Waals surface area contributed by atoms with Gasteiger partial charge in [-0.25, -0.2) is 14.8 Å². The van der Waals surface area contributed by atoms with Crippen LogP contribution in [0.4, 0.5) is 4.39 Å². The average Bonchev–Trinajstić information content (AvgIpc) is 2.45. The fourth-order valence-corrected chi connectivity index (χ4v) is 1.89. The highest BCUT2D eigenvalue weighted by Gasteiger charge is 2.11. The summed E-state index contributed by atoms with van der Waals surface area (Å²) in [6.45, 7) is 3.35. The average molecular weight is 302 g/mol. The zero-order valence-electron chi connectivity index (χ0n) is 12.2. The fourth-order valence-electron chi connectivity index (χ4n) is 1.89. The molecule has 0 unspecified atom stereocenters. The van der Waals surface area contributed by atoms with E-state index in [1.54, 1.807) is 13.8 Å². The summed E-state index contributed by atoms with van der Waals surface area (Å²) in [6, 6.07) is 5.65. The molecule has 0 radical (unpaired) electrons. The minimum absolute atomic E-state index is 0.116. The van der Waals surface area contributed by atoms with E-state index in [1.807, 2.05) is 0 Å². The van der Waals surface area contributed by atoms with E-state index in [4.69, 9.17) is 0 Å². The molecule has 0 saturated heterocycles. The summed E-state index contributed by atoms with van der Waals surface area (Å²) >= 11 is 0. The van der Waals surface area contributed by atoms with E-state index in [1.165, 1.54) is 30.5 Å². The van der Waals surface area contributed by atoms with Gasteiger partial charge in [-0.05, 0) is 31.5 Å². The lowest BCUT2D eigenvalue weighted by Gasteiger charge is -2.04. The number of nitrogens with zero attached hydrogens (tertiary/aromatic N) is 2. The first-order valence-electron chi connectivity index (χ1n) is 6.59. The van der Waals surface area contributed by atoms with Crippen molar-refractivity contribution in [2.75, 3.05) is 0 Å². The van der Waals surface area contributed by atoms with Gasteiger partial charge in [0.1, 0.15) is 11.6 Å². The molecule has 7 heteroatoms. The van der Waals surface area contributed by atoms with E-state index in [9.17, 15) is 14.0 Å². The third-order valence-electron chi connectivity index (χ3n) is 2.95. The second kappa shape index (κ2) is 6.75. The summed E-state index contributed by atoms with van der Waals surface area (Å²) in [5.74, 6) is -0.277. The number of nitrogens with one attached hydrogen (secondary N) is 2. The topological polar surface area (TPSA) is 87.2 Å². The van der Waals surface area contributed by atoms with Crippen molar-refractivity contribution in [2.24, 2.45) is 5.10 Å². The van der Waals surface area contributed by atoms with Gasteiger partial charge in [-0.2, -0.15) is 5.10 Å². The molecule has 2 rings (SSSR count). The number of aryl methyl sites for hydroxylation is 2. The van der Waals surface area contributed by atoms with Crippen molar-refractivity contribution in [3.05, 3.63) is 63.1 Å². The minimum Gasteiger partial charge on any atom is -0.311 e. The van der Waals surface area contributed by atoms with E-state index >= 15 is 0 Å². The van der Waals surface area contributed by atoms with Crippen LogP contribution in [0.1, 0.15) is 22.6 Å². The molecule has 2 N–H and O–H groups in total. The molecule has 0 saturated carbocycles. The Kier molecular flexibility index (Phi) is 4.77. The van der Waals surface area contributed by atoms with Crippen LogP contribution in [0.5, 0.6) is 0 Å². The van der Waals surface area contributed by atoms with Gasteiger partial charge in [0.25, 0.3) is 5.56 Å². The Labute approximate surface area is 126 Å². The van der Waals surface area contributed by atoms with Crippen molar-refractivity contribution in [1.29, 1.82) is 0 Å². The lowest BCUT2D eigenvalue weighted by molar-refractivity contribution is -0.120. The van der Waals surface area contributed by atoms with Crippen LogP contribution < -0.4 is 11.0 Å². The second-order valence-electron chi connectivity index (χ2n) is 4.74. The Morgan fingerprint density at radius 2 is 2.05 bits per heavy atom. The molecule has 2 aromatic rings. The van der Waals surface area contributed by atoms with Gasteiger partial charge in [-0.3, -0.25) is 9.59 Å². The first kappa shape index (κ1) is 15.6. The number of hydrazone groups is 1. The Bertz CT molecular complexity index is 766. The molecule has 1 aromatic heterocycles. The molecule has 0 aliphatic heterocycles. The van der Waals surface area contributed by atoms with Crippen LogP contribution in [0.15, 0.2) is 34.2 Å². The van der Waals surface area contributed by atoms with E-state index < -0.39 is 5.91 Å². The van der Waals surface area contributed by atoms with Crippen LogP contribution in [-0.2, 0) is 11.2 Å². The number of hydrogen-bond acceptors (Lipinski definition) is 4. The molecule has 1 amide bonds. The number of rotatable bonds is 4.